The number of hydrogen-bond acceptors (Lipinski definition) is 6. The van der Waals surface area contributed by atoms with E-state index in [2.05, 4.69) is 50.0 Å². The van der Waals surface area contributed by atoms with Crippen LogP contribution in [0.4, 0.5) is 0 Å². The number of rotatable bonds is 4. The van der Waals surface area contributed by atoms with Gasteiger partial charge in [-0.15, -0.1) is 24.8 Å². The molecule has 0 unspecified atom stereocenters. The van der Waals surface area contributed by atoms with Crippen LogP contribution in [0.1, 0.15) is 11.1 Å². The molecule has 5 rings (SSSR count). The van der Waals surface area contributed by atoms with Gasteiger partial charge in [0.1, 0.15) is 17.4 Å². The average Bonchev–Trinajstić information content (AvgIpc) is 3.51. The van der Waals surface area contributed by atoms with E-state index in [9.17, 15) is 0 Å². The molecule has 0 amide bonds. The fraction of sp³-hybridized carbons (Fsp3) is 0.190. The lowest BCUT2D eigenvalue weighted by molar-refractivity contribution is 0.435. The van der Waals surface area contributed by atoms with E-state index in [-0.39, 0.29) is 24.8 Å². The largest absolute Gasteiger partial charge is 0.368 e. The second-order valence-electron chi connectivity index (χ2n) is 6.55. The first-order chi connectivity index (χ1) is 13.4. The smallest absolute Gasteiger partial charge is 0.167 e. The van der Waals surface area contributed by atoms with Gasteiger partial charge in [0.05, 0.1) is 13.1 Å². The molecule has 2 aliphatic heterocycles. The van der Waals surface area contributed by atoms with E-state index in [1.807, 2.05) is 30.3 Å². The quantitative estimate of drug-likeness (QED) is 0.664. The van der Waals surface area contributed by atoms with Gasteiger partial charge in [-0.3, -0.25) is 9.98 Å². The van der Waals surface area contributed by atoms with Crippen LogP contribution in [0.15, 0.2) is 69.1 Å². The Labute approximate surface area is 181 Å². The fourth-order valence-corrected chi connectivity index (χ4v) is 3.35. The van der Waals surface area contributed by atoms with Gasteiger partial charge >= 0.3 is 0 Å². The van der Waals surface area contributed by atoms with E-state index in [1.165, 1.54) is 0 Å². The summed E-state index contributed by atoms with van der Waals surface area (Å²) in [5, 5.41) is 10.8. The lowest BCUT2D eigenvalue weighted by Gasteiger charge is -2.03. The number of nitrogens with zero attached hydrogens (tertiary/aromatic N) is 3. The average molecular weight is 430 g/mol. The van der Waals surface area contributed by atoms with E-state index < -0.39 is 0 Å². The Hall–Kier alpha value is -2.83. The summed E-state index contributed by atoms with van der Waals surface area (Å²) in [6, 6.07) is 18.4. The summed E-state index contributed by atoms with van der Waals surface area (Å²) >= 11 is 0. The molecule has 0 fully saturated rings. The maximum absolute atomic E-state index is 5.59. The molecule has 150 valence electrons. The predicted molar refractivity (Wildman–Crippen MR) is 121 cm³/mol. The Bertz CT molecular complexity index is 1040. The summed E-state index contributed by atoms with van der Waals surface area (Å²) in [6.07, 6.45) is 0. The maximum atomic E-state index is 5.59. The van der Waals surface area contributed by atoms with Crippen LogP contribution in [0.25, 0.3) is 22.6 Å². The van der Waals surface area contributed by atoms with Crippen LogP contribution in [-0.2, 0) is 0 Å². The highest BCUT2D eigenvalue weighted by molar-refractivity contribution is 6.01. The number of hydrogen-bond donors (Lipinski definition) is 2. The molecule has 3 aromatic rings. The second-order valence-corrected chi connectivity index (χ2v) is 6.55. The highest BCUT2D eigenvalue weighted by atomic mass is 35.5. The predicted octanol–water partition coefficient (Wildman–Crippen LogP) is 3.55. The van der Waals surface area contributed by atoms with Crippen LogP contribution in [-0.4, -0.2) is 43.0 Å². The number of benzene rings is 2. The first-order valence-electron chi connectivity index (χ1n) is 9.12. The van der Waals surface area contributed by atoms with Gasteiger partial charge in [-0.2, -0.15) is 0 Å². The van der Waals surface area contributed by atoms with Crippen molar-refractivity contribution in [3.05, 3.63) is 65.7 Å². The molecule has 2 aliphatic rings. The number of amidine groups is 2. The van der Waals surface area contributed by atoms with Crippen molar-refractivity contribution in [3.63, 3.8) is 0 Å². The van der Waals surface area contributed by atoms with Gasteiger partial charge in [-0.05, 0) is 6.07 Å². The Balaban J connectivity index is 0.00000120. The molecule has 2 aromatic carbocycles. The van der Waals surface area contributed by atoms with E-state index >= 15 is 0 Å². The van der Waals surface area contributed by atoms with Crippen LogP contribution in [0.5, 0.6) is 0 Å². The summed E-state index contributed by atoms with van der Waals surface area (Å²) in [5.74, 6) is 2.65. The van der Waals surface area contributed by atoms with Gasteiger partial charge in [0.2, 0.25) is 0 Å². The summed E-state index contributed by atoms with van der Waals surface area (Å²) in [7, 11) is 0. The van der Waals surface area contributed by atoms with Crippen molar-refractivity contribution < 1.29 is 4.52 Å². The standard InChI is InChI=1S/C21H19N5O.2ClH/c1-2-16(12-17(3-1)21-24-10-11-25-21)18-13-19(27-26-18)14-4-6-15(7-5-14)20-22-8-9-23-20;;/h1-7,12-13H,8-11H2,(H,22,23)(H,24,25);2*1H. The van der Waals surface area contributed by atoms with Crippen molar-refractivity contribution in [2.24, 2.45) is 9.98 Å². The minimum atomic E-state index is 0. The van der Waals surface area contributed by atoms with Crippen LogP contribution >= 0.6 is 24.8 Å². The van der Waals surface area contributed by atoms with Gasteiger partial charge in [0.25, 0.3) is 0 Å². The zero-order chi connectivity index (χ0) is 18.1. The van der Waals surface area contributed by atoms with Gasteiger partial charge in [0.15, 0.2) is 5.76 Å². The maximum Gasteiger partial charge on any atom is 0.167 e. The Morgan fingerprint density at radius 3 is 1.97 bits per heavy atom. The first kappa shape index (κ1) is 20.9. The van der Waals surface area contributed by atoms with Crippen molar-refractivity contribution in [2.75, 3.05) is 26.2 Å². The molecule has 2 N–H and O–H groups in total. The topological polar surface area (TPSA) is 74.8 Å². The van der Waals surface area contributed by atoms with Crippen LogP contribution < -0.4 is 10.6 Å². The normalized spacial score (nSPS) is 14.8. The lowest BCUT2D eigenvalue weighted by atomic mass is 10.1. The van der Waals surface area contributed by atoms with Crippen molar-refractivity contribution in [1.82, 2.24) is 15.8 Å². The molecule has 0 saturated carbocycles. The molecule has 0 spiro atoms. The lowest BCUT2D eigenvalue weighted by Crippen LogP contribution is -2.19. The monoisotopic (exact) mass is 429 g/mol. The zero-order valence-electron chi connectivity index (χ0n) is 15.6. The van der Waals surface area contributed by atoms with Crippen molar-refractivity contribution in [1.29, 1.82) is 0 Å². The minimum absolute atomic E-state index is 0. The van der Waals surface area contributed by atoms with Gasteiger partial charge in [0, 0.05) is 41.4 Å². The van der Waals surface area contributed by atoms with Crippen molar-refractivity contribution in [3.8, 4) is 22.6 Å². The summed E-state index contributed by atoms with van der Waals surface area (Å²) in [4.78, 5) is 8.93. The molecule has 3 heterocycles. The molecule has 8 heteroatoms. The minimum Gasteiger partial charge on any atom is -0.368 e. The molecule has 0 saturated heterocycles. The third-order valence-electron chi connectivity index (χ3n) is 4.73. The van der Waals surface area contributed by atoms with E-state index in [0.29, 0.717) is 0 Å². The fourth-order valence-electron chi connectivity index (χ4n) is 3.35. The third-order valence-corrected chi connectivity index (χ3v) is 4.73. The Morgan fingerprint density at radius 2 is 1.31 bits per heavy atom. The molecule has 0 aliphatic carbocycles. The summed E-state index contributed by atoms with van der Waals surface area (Å²) in [6.45, 7) is 3.46. The van der Waals surface area contributed by atoms with Gasteiger partial charge in [-0.25, -0.2) is 0 Å². The SMILES string of the molecule is Cl.Cl.c1cc(C2=NCCN2)cc(-c2cc(-c3ccc(C4=NCCN4)cc3)on2)c1. The second kappa shape index (κ2) is 9.11. The van der Waals surface area contributed by atoms with Gasteiger partial charge < -0.3 is 15.2 Å². The number of aliphatic imine (C=N–C) groups is 2. The molecule has 0 radical (unpaired) electrons. The van der Waals surface area contributed by atoms with Crippen molar-refractivity contribution >= 4 is 36.5 Å². The van der Waals surface area contributed by atoms with E-state index in [4.69, 9.17) is 4.52 Å². The van der Waals surface area contributed by atoms with Crippen molar-refractivity contribution in [2.45, 2.75) is 0 Å². The van der Waals surface area contributed by atoms with E-state index in [0.717, 1.165) is 71.6 Å². The molecule has 0 atom stereocenters. The molecular weight excluding hydrogens is 409 g/mol. The Morgan fingerprint density at radius 1 is 0.690 bits per heavy atom. The molecule has 29 heavy (non-hydrogen) atoms. The molecular formula is C21H21Cl2N5O. The van der Waals surface area contributed by atoms with Gasteiger partial charge in [-0.1, -0.05) is 47.6 Å². The molecule has 0 bridgehead atoms. The highest BCUT2D eigenvalue weighted by Crippen LogP contribution is 2.27. The summed E-state index contributed by atoms with van der Waals surface area (Å²) in [5.41, 5.74) is 4.99. The number of nitrogens with one attached hydrogen (secondary N) is 2. The summed E-state index contributed by atoms with van der Waals surface area (Å²) < 4.78 is 5.59. The van der Waals surface area contributed by atoms with Crippen LogP contribution in [0.3, 0.4) is 0 Å². The zero-order valence-corrected chi connectivity index (χ0v) is 17.2. The third kappa shape index (κ3) is 4.28. The molecule has 6 nitrogen and oxygen atoms in total. The first-order valence-corrected chi connectivity index (χ1v) is 9.12. The number of aromatic nitrogens is 1. The molecule has 1 aromatic heterocycles. The van der Waals surface area contributed by atoms with E-state index in [1.54, 1.807) is 0 Å². The number of halogens is 2. The Kier molecular flexibility index (Phi) is 6.56. The van der Waals surface area contributed by atoms with Crippen LogP contribution in [0.2, 0.25) is 0 Å². The van der Waals surface area contributed by atoms with Crippen LogP contribution in [0, 0.1) is 0 Å². The highest BCUT2D eigenvalue weighted by Gasteiger charge is 2.13.